The van der Waals surface area contributed by atoms with Gasteiger partial charge in [-0.1, -0.05) is 79.0 Å². The highest BCUT2D eigenvalue weighted by Gasteiger charge is 2.48. The van der Waals surface area contributed by atoms with Crippen LogP contribution in [0.4, 0.5) is 0 Å². The molecule has 4 atom stereocenters. The van der Waals surface area contributed by atoms with E-state index < -0.39 is 17.9 Å². The molecule has 1 aliphatic carbocycles. The molecule has 3 aromatic carbocycles. The second kappa shape index (κ2) is 14.1. The van der Waals surface area contributed by atoms with E-state index in [1.807, 2.05) is 48.5 Å². The van der Waals surface area contributed by atoms with Gasteiger partial charge in [0.2, 0.25) is 5.91 Å². The molecule has 0 bridgehead atoms. The van der Waals surface area contributed by atoms with Crippen LogP contribution in [0.25, 0.3) is 0 Å². The third kappa shape index (κ3) is 6.95. The fourth-order valence-corrected chi connectivity index (χ4v) is 6.46. The lowest BCUT2D eigenvalue weighted by Crippen LogP contribution is -2.59. The number of halogens is 1. The first-order chi connectivity index (χ1) is 21.3. The fraction of sp³-hybridized carbons (Fsp3) is 0.353. The molecule has 0 aromatic heterocycles. The highest BCUT2D eigenvalue weighted by atomic mass is 35.5. The van der Waals surface area contributed by atoms with Crippen LogP contribution in [0.2, 0.25) is 5.02 Å². The molecule has 1 saturated carbocycles. The van der Waals surface area contributed by atoms with Gasteiger partial charge >= 0.3 is 5.97 Å². The van der Waals surface area contributed by atoms with Crippen molar-refractivity contribution in [2.75, 3.05) is 7.11 Å². The van der Waals surface area contributed by atoms with E-state index in [9.17, 15) is 19.2 Å². The van der Waals surface area contributed by atoms with Gasteiger partial charge in [0.05, 0.1) is 38.1 Å². The number of amides is 3. The van der Waals surface area contributed by atoms with Crippen molar-refractivity contribution < 1.29 is 28.8 Å². The van der Waals surface area contributed by atoms with Gasteiger partial charge in [0.15, 0.2) is 0 Å². The molecule has 0 spiro atoms. The lowest BCUT2D eigenvalue weighted by Gasteiger charge is -2.49. The molecule has 1 heterocycles. The van der Waals surface area contributed by atoms with Crippen LogP contribution in [0.1, 0.15) is 77.2 Å². The largest absolute Gasteiger partial charge is 0.469 e. The molecule has 1 aliphatic heterocycles. The molecular weight excluding hydrogens is 582 g/mol. The van der Waals surface area contributed by atoms with Crippen LogP contribution >= 0.6 is 11.6 Å². The molecule has 0 unspecified atom stereocenters. The van der Waals surface area contributed by atoms with Gasteiger partial charge in [-0.3, -0.25) is 24.0 Å². The van der Waals surface area contributed by atoms with Gasteiger partial charge in [-0.25, -0.2) is 5.48 Å². The van der Waals surface area contributed by atoms with Crippen LogP contribution in [0, 0.1) is 0 Å². The smallest absolute Gasteiger partial charge is 0.309 e. The number of methoxy groups -OCH3 is 1. The summed E-state index contributed by atoms with van der Waals surface area (Å²) in [7, 11) is 1.35. The molecule has 44 heavy (non-hydrogen) atoms. The normalized spacial score (nSPS) is 21.2. The van der Waals surface area contributed by atoms with Crippen LogP contribution in [0.15, 0.2) is 72.8 Å². The average Bonchev–Trinajstić information content (AvgIpc) is 3.02. The van der Waals surface area contributed by atoms with Crippen molar-refractivity contribution in [1.82, 2.24) is 15.7 Å². The third-order valence-corrected chi connectivity index (χ3v) is 8.61. The molecule has 3 aromatic rings. The van der Waals surface area contributed by atoms with Crippen molar-refractivity contribution in [1.29, 1.82) is 0 Å². The SMILES string of the molecule is COC(=O)Cc1ccc(CONC(=O)[C@@H]2c3ccccc3C(=O)N([C@H]3CCCC[C@@H]3NC(C)=O)[C@H]2c2ccc(Cl)cc2)cc1. The number of nitrogens with zero attached hydrogens (tertiary/aromatic N) is 1. The first-order valence-corrected chi connectivity index (χ1v) is 15.1. The van der Waals surface area contributed by atoms with Crippen LogP contribution in [0.3, 0.4) is 0 Å². The summed E-state index contributed by atoms with van der Waals surface area (Å²) in [6.07, 6.45) is 3.44. The number of hydroxylamine groups is 1. The van der Waals surface area contributed by atoms with E-state index in [0.29, 0.717) is 22.6 Å². The molecule has 3 amide bonds. The van der Waals surface area contributed by atoms with Gasteiger partial charge in [0, 0.05) is 23.6 Å². The zero-order chi connectivity index (χ0) is 31.2. The third-order valence-electron chi connectivity index (χ3n) is 8.36. The topological polar surface area (TPSA) is 114 Å². The summed E-state index contributed by atoms with van der Waals surface area (Å²) < 4.78 is 4.72. The minimum Gasteiger partial charge on any atom is -0.469 e. The van der Waals surface area contributed by atoms with Crippen molar-refractivity contribution >= 4 is 35.3 Å². The maximum atomic E-state index is 14.3. The van der Waals surface area contributed by atoms with Gasteiger partial charge in [0.25, 0.3) is 11.8 Å². The van der Waals surface area contributed by atoms with Crippen molar-refractivity contribution in [3.8, 4) is 0 Å². The lowest BCUT2D eigenvalue weighted by atomic mass is 9.76. The van der Waals surface area contributed by atoms with E-state index in [-0.39, 0.29) is 42.9 Å². The Morgan fingerprint density at radius 2 is 1.61 bits per heavy atom. The quantitative estimate of drug-likeness (QED) is 0.257. The summed E-state index contributed by atoms with van der Waals surface area (Å²) in [6.45, 7) is 1.58. The number of carbonyl (C=O) groups is 4. The van der Waals surface area contributed by atoms with Crippen molar-refractivity contribution in [3.63, 3.8) is 0 Å². The molecule has 2 aliphatic rings. The summed E-state index contributed by atoms with van der Waals surface area (Å²) in [4.78, 5) is 59.6. The number of carbonyl (C=O) groups excluding carboxylic acids is 4. The second-order valence-electron chi connectivity index (χ2n) is 11.3. The van der Waals surface area contributed by atoms with E-state index in [1.165, 1.54) is 14.0 Å². The number of esters is 1. The van der Waals surface area contributed by atoms with Crippen LogP contribution < -0.4 is 10.8 Å². The number of ether oxygens (including phenoxy) is 1. The number of nitrogens with one attached hydrogen (secondary N) is 2. The Kier molecular flexibility index (Phi) is 9.97. The van der Waals surface area contributed by atoms with E-state index in [0.717, 1.165) is 36.0 Å². The summed E-state index contributed by atoms with van der Waals surface area (Å²) in [5.74, 6) is -1.86. The lowest BCUT2D eigenvalue weighted by molar-refractivity contribution is -0.140. The Morgan fingerprint density at radius 1 is 0.932 bits per heavy atom. The van der Waals surface area contributed by atoms with Gasteiger partial charge in [-0.05, 0) is 53.3 Å². The minimum atomic E-state index is -0.799. The molecule has 9 nitrogen and oxygen atoms in total. The van der Waals surface area contributed by atoms with Crippen molar-refractivity contribution in [2.45, 2.75) is 69.7 Å². The van der Waals surface area contributed by atoms with Gasteiger partial charge in [-0.2, -0.15) is 0 Å². The minimum absolute atomic E-state index is 0.0973. The first-order valence-electron chi connectivity index (χ1n) is 14.8. The molecule has 5 rings (SSSR count). The van der Waals surface area contributed by atoms with E-state index >= 15 is 0 Å². The number of hydrogen-bond donors (Lipinski definition) is 2. The molecule has 10 heteroatoms. The number of fused-ring (bicyclic) bond motifs is 1. The van der Waals surface area contributed by atoms with Gasteiger partial charge in [-0.15, -0.1) is 0 Å². The summed E-state index contributed by atoms with van der Waals surface area (Å²) >= 11 is 6.24. The Morgan fingerprint density at radius 3 is 2.32 bits per heavy atom. The zero-order valence-corrected chi connectivity index (χ0v) is 25.5. The average molecular weight is 618 g/mol. The fourth-order valence-electron chi connectivity index (χ4n) is 6.33. The van der Waals surface area contributed by atoms with Crippen LogP contribution in [-0.2, 0) is 37.0 Å². The van der Waals surface area contributed by atoms with Crippen molar-refractivity contribution in [2.24, 2.45) is 0 Å². The highest BCUT2D eigenvalue weighted by molar-refractivity contribution is 6.30. The summed E-state index contributed by atoms with van der Waals surface area (Å²) in [5, 5.41) is 3.60. The molecule has 1 fully saturated rings. The van der Waals surface area contributed by atoms with Crippen LogP contribution in [0.5, 0.6) is 0 Å². The zero-order valence-electron chi connectivity index (χ0n) is 24.8. The van der Waals surface area contributed by atoms with Gasteiger partial charge in [0.1, 0.15) is 0 Å². The monoisotopic (exact) mass is 617 g/mol. The predicted molar refractivity (Wildman–Crippen MR) is 164 cm³/mol. The first kappa shape index (κ1) is 31.2. The Balaban J connectivity index is 1.46. The Hall–Kier alpha value is -4.21. The standard InChI is InChI=1S/C34H36ClN3O6/c1-21(39)36-28-9-5-6-10-29(28)38-32(24-15-17-25(35)18-16-24)31(26-7-3-4-8-27(26)34(38)42)33(41)37-44-20-23-13-11-22(12-14-23)19-30(40)43-2/h3-4,7-8,11-18,28-29,31-32H,5-6,9-10,19-20H2,1-2H3,(H,36,39)(H,37,41)/t28-,29-,31+,32-/m0/s1. The van der Waals surface area contributed by atoms with E-state index in [2.05, 4.69) is 10.8 Å². The summed E-state index contributed by atoms with van der Waals surface area (Å²) in [5.41, 5.74) is 6.06. The highest BCUT2D eigenvalue weighted by Crippen LogP contribution is 2.46. The van der Waals surface area contributed by atoms with E-state index in [4.69, 9.17) is 21.2 Å². The maximum absolute atomic E-state index is 14.3. The van der Waals surface area contributed by atoms with Crippen LogP contribution in [-0.4, -0.2) is 47.8 Å². The second-order valence-corrected chi connectivity index (χ2v) is 11.7. The maximum Gasteiger partial charge on any atom is 0.309 e. The molecule has 0 saturated heterocycles. The Labute approximate surface area is 261 Å². The number of benzene rings is 3. The summed E-state index contributed by atoms with van der Waals surface area (Å²) in [6, 6.07) is 20.4. The number of rotatable bonds is 9. The number of hydrogen-bond acceptors (Lipinski definition) is 6. The molecular formula is C34H36ClN3O6. The van der Waals surface area contributed by atoms with Gasteiger partial charge < -0.3 is 15.0 Å². The molecule has 2 N–H and O–H groups in total. The van der Waals surface area contributed by atoms with E-state index in [1.54, 1.807) is 29.2 Å². The van der Waals surface area contributed by atoms with Crippen molar-refractivity contribution in [3.05, 3.63) is 106 Å². The molecule has 0 radical (unpaired) electrons. The predicted octanol–water partition coefficient (Wildman–Crippen LogP) is 5.03. The Bertz CT molecular complexity index is 1510. The molecule has 230 valence electrons.